The molecule has 1 atom stereocenters. The van der Waals surface area contributed by atoms with Gasteiger partial charge < -0.3 is 14.8 Å². The lowest BCUT2D eigenvalue weighted by molar-refractivity contribution is -0.148. The molecule has 0 radical (unpaired) electrons. The summed E-state index contributed by atoms with van der Waals surface area (Å²) in [5.74, 6) is -0.868. The predicted octanol–water partition coefficient (Wildman–Crippen LogP) is 4.42. The number of carboxylic acid groups (broad SMARTS) is 1. The third-order valence-electron chi connectivity index (χ3n) is 4.35. The van der Waals surface area contributed by atoms with Crippen molar-refractivity contribution in [2.45, 2.75) is 38.2 Å². The first kappa shape index (κ1) is 16.1. The van der Waals surface area contributed by atoms with E-state index in [1.807, 2.05) is 30.4 Å². The van der Waals surface area contributed by atoms with Crippen LogP contribution in [0.25, 0.3) is 10.9 Å². The highest BCUT2D eigenvalue weighted by molar-refractivity contribution is 6.35. The second kappa shape index (κ2) is 6.38. The van der Waals surface area contributed by atoms with Gasteiger partial charge in [0.15, 0.2) is 0 Å². The SMILES string of the molecule is CC/C=C/CC1(CC(=O)O)OCCc2c1[nH]c1cccc(Cl)c21. The van der Waals surface area contributed by atoms with Crippen molar-refractivity contribution in [2.24, 2.45) is 0 Å². The Bertz CT molecular complexity index is 765. The van der Waals surface area contributed by atoms with Crippen LogP contribution in [-0.4, -0.2) is 22.7 Å². The van der Waals surface area contributed by atoms with E-state index in [0.29, 0.717) is 18.1 Å². The van der Waals surface area contributed by atoms with E-state index in [1.165, 1.54) is 0 Å². The van der Waals surface area contributed by atoms with Gasteiger partial charge in [-0.2, -0.15) is 0 Å². The third kappa shape index (κ3) is 2.89. The number of carboxylic acids is 1. The molecule has 0 bridgehead atoms. The number of carbonyl (C=O) groups is 1. The Balaban J connectivity index is 2.16. The van der Waals surface area contributed by atoms with Crippen molar-refractivity contribution in [3.63, 3.8) is 0 Å². The van der Waals surface area contributed by atoms with Gasteiger partial charge in [0.1, 0.15) is 5.60 Å². The monoisotopic (exact) mass is 333 g/mol. The summed E-state index contributed by atoms with van der Waals surface area (Å²) < 4.78 is 6.01. The highest BCUT2D eigenvalue weighted by Gasteiger charge is 2.41. The minimum absolute atomic E-state index is 0.0709. The molecule has 1 aliphatic rings. The number of aliphatic carboxylic acids is 1. The Labute approximate surface area is 140 Å². The Morgan fingerprint density at radius 1 is 1.48 bits per heavy atom. The summed E-state index contributed by atoms with van der Waals surface area (Å²) in [7, 11) is 0. The number of aromatic nitrogens is 1. The summed E-state index contributed by atoms with van der Waals surface area (Å²) in [6.07, 6.45) is 6.15. The molecule has 0 spiro atoms. The lowest BCUT2D eigenvalue weighted by Gasteiger charge is -2.35. The fourth-order valence-electron chi connectivity index (χ4n) is 3.39. The van der Waals surface area contributed by atoms with E-state index in [-0.39, 0.29) is 6.42 Å². The Morgan fingerprint density at radius 2 is 2.30 bits per heavy atom. The van der Waals surface area contributed by atoms with E-state index in [1.54, 1.807) is 0 Å². The van der Waals surface area contributed by atoms with Crippen LogP contribution in [0.2, 0.25) is 5.02 Å². The van der Waals surface area contributed by atoms with Gasteiger partial charge in [-0.15, -0.1) is 0 Å². The number of hydrogen-bond acceptors (Lipinski definition) is 2. The zero-order valence-corrected chi connectivity index (χ0v) is 13.8. The molecule has 3 rings (SSSR count). The largest absolute Gasteiger partial charge is 0.481 e. The maximum Gasteiger partial charge on any atom is 0.306 e. The molecule has 23 heavy (non-hydrogen) atoms. The summed E-state index contributed by atoms with van der Waals surface area (Å²) >= 11 is 6.37. The van der Waals surface area contributed by atoms with Gasteiger partial charge in [-0.05, 0) is 30.5 Å². The first-order valence-corrected chi connectivity index (χ1v) is 8.25. The first-order valence-electron chi connectivity index (χ1n) is 7.87. The number of nitrogens with one attached hydrogen (secondary N) is 1. The molecule has 1 aromatic heterocycles. The van der Waals surface area contributed by atoms with E-state index in [0.717, 1.165) is 35.0 Å². The van der Waals surface area contributed by atoms with Gasteiger partial charge in [0.2, 0.25) is 0 Å². The number of ether oxygens (including phenoxy) is 1. The van der Waals surface area contributed by atoms with Gasteiger partial charge >= 0.3 is 5.97 Å². The molecule has 5 heteroatoms. The smallest absolute Gasteiger partial charge is 0.306 e. The van der Waals surface area contributed by atoms with Crippen LogP contribution in [-0.2, 0) is 21.6 Å². The maximum atomic E-state index is 11.5. The van der Waals surface area contributed by atoms with Crippen molar-refractivity contribution in [2.75, 3.05) is 6.61 Å². The van der Waals surface area contributed by atoms with E-state index in [9.17, 15) is 9.90 Å². The average Bonchev–Trinajstić information content (AvgIpc) is 2.88. The second-order valence-corrected chi connectivity index (χ2v) is 6.30. The molecule has 1 aromatic carbocycles. The quantitative estimate of drug-likeness (QED) is 0.796. The van der Waals surface area contributed by atoms with Crippen LogP contribution >= 0.6 is 11.6 Å². The highest BCUT2D eigenvalue weighted by atomic mass is 35.5. The molecule has 0 fully saturated rings. The maximum absolute atomic E-state index is 11.5. The number of allylic oxidation sites excluding steroid dienone is 1. The molecule has 0 saturated carbocycles. The standard InChI is InChI=1S/C18H20ClNO3/c1-2-3-4-9-18(11-15(21)22)17-12(8-10-23-18)16-13(19)6-5-7-14(16)20-17/h3-7,20H,2,8-11H2,1H3,(H,21,22)/b4-3+. The highest BCUT2D eigenvalue weighted by Crippen LogP contribution is 2.43. The van der Waals surface area contributed by atoms with E-state index < -0.39 is 11.6 Å². The molecular formula is C18H20ClNO3. The summed E-state index contributed by atoms with van der Waals surface area (Å²) in [5.41, 5.74) is 2.02. The summed E-state index contributed by atoms with van der Waals surface area (Å²) in [5, 5.41) is 11.1. The molecule has 2 heterocycles. The molecule has 0 saturated heterocycles. The van der Waals surface area contributed by atoms with Crippen LogP contribution in [0.15, 0.2) is 30.4 Å². The van der Waals surface area contributed by atoms with Crippen molar-refractivity contribution in [1.29, 1.82) is 0 Å². The Morgan fingerprint density at radius 3 is 3.04 bits per heavy atom. The summed E-state index contributed by atoms with van der Waals surface area (Å²) in [6.45, 7) is 2.55. The minimum atomic E-state index is -0.868. The fourth-order valence-corrected chi connectivity index (χ4v) is 3.68. The molecule has 4 nitrogen and oxygen atoms in total. The van der Waals surface area contributed by atoms with Crippen molar-refractivity contribution in [3.8, 4) is 0 Å². The van der Waals surface area contributed by atoms with Crippen LogP contribution < -0.4 is 0 Å². The molecule has 2 N–H and O–H groups in total. The fraction of sp³-hybridized carbons (Fsp3) is 0.389. The molecule has 0 aliphatic carbocycles. The topological polar surface area (TPSA) is 62.3 Å². The molecular weight excluding hydrogens is 314 g/mol. The average molecular weight is 334 g/mol. The minimum Gasteiger partial charge on any atom is -0.481 e. The van der Waals surface area contributed by atoms with Gasteiger partial charge in [-0.1, -0.05) is 36.7 Å². The summed E-state index contributed by atoms with van der Waals surface area (Å²) in [6, 6.07) is 5.72. The molecule has 122 valence electrons. The van der Waals surface area contributed by atoms with Gasteiger partial charge in [0.25, 0.3) is 0 Å². The third-order valence-corrected chi connectivity index (χ3v) is 4.66. The molecule has 1 unspecified atom stereocenters. The molecule has 0 amide bonds. The number of H-pyrrole nitrogens is 1. The number of rotatable bonds is 5. The van der Waals surface area contributed by atoms with Crippen LogP contribution in [0.1, 0.15) is 37.4 Å². The van der Waals surface area contributed by atoms with Crippen molar-refractivity contribution < 1.29 is 14.6 Å². The van der Waals surface area contributed by atoms with Crippen LogP contribution in [0.3, 0.4) is 0 Å². The van der Waals surface area contributed by atoms with Crippen LogP contribution in [0.4, 0.5) is 0 Å². The molecule has 2 aromatic rings. The van der Waals surface area contributed by atoms with Gasteiger partial charge in [0, 0.05) is 17.3 Å². The summed E-state index contributed by atoms with van der Waals surface area (Å²) in [4.78, 5) is 14.8. The first-order chi connectivity index (χ1) is 11.1. The normalized spacial score (nSPS) is 21.0. The number of halogens is 1. The van der Waals surface area contributed by atoms with E-state index >= 15 is 0 Å². The lowest BCUT2D eigenvalue weighted by atomic mass is 9.85. The van der Waals surface area contributed by atoms with Crippen molar-refractivity contribution >= 4 is 28.5 Å². The number of aromatic amines is 1. The second-order valence-electron chi connectivity index (χ2n) is 5.89. The van der Waals surface area contributed by atoms with Gasteiger partial charge in [-0.25, -0.2) is 0 Å². The van der Waals surface area contributed by atoms with E-state index in [4.69, 9.17) is 16.3 Å². The number of benzene rings is 1. The number of fused-ring (bicyclic) bond motifs is 3. The molecule has 1 aliphatic heterocycles. The van der Waals surface area contributed by atoms with Crippen molar-refractivity contribution in [3.05, 3.63) is 46.6 Å². The zero-order chi connectivity index (χ0) is 16.4. The van der Waals surface area contributed by atoms with E-state index in [2.05, 4.69) is 11.9 Å². The van der Waals surface area contributed by atoms with Crippen LogP contribution in [0, 0.1) is 0 Å². The lowest BCUT2D eigenvalue weighted by Crippen LogP contribution is -2.37. The number of hydrogen-bond donors (Lipinski definition) is 2. The Kier molecular flexibility index (Phi) is 4.46. The van der Waals surface area contributed by atoms with Gasteiger partial charge in [0.05, 0.1) is 23.7 Å². The predicted molar refractivity (Wildman–Crippen MR) is 90.9 cm³/mol. The van der Waals surface area contributed by atoms with Gasteiger partial charge in [-0.3, -0.25) is 4.79 Å². The zero-order valence-electron chi connectivity index (χ0n) is 13.1. The Hall–Kier alpha value is -1.78. The van der Waals surface area contributed by atoms with Crippen LogP contribution in [0.5, 0.6) is 0 Å². The van der Waals surface area contributed by atoms with Crippen molar-refractivity contribution in [1.82, 2.24) is 4.98 Å².